The second kappa shape index (κ2) is 6.79. The number of carbonyl (C=O) groups excluding carboxylic acids is 1. The van der Waals surface area contributed by atoms with Crippen LogP contribution in [0.2, 0.25) is 0 Å². The summed E-state index contributed by atoms with van der Waals surface area (Å²) in [5.74, 6) is -0.936. The van der Waals surface area contributed by atoms with Gasteiger partial charge in [0.25, 0.3) is 5.91 Å². The standard InChI is InChI=1S/C18H13F3N2O4S/c1-28(25,26)13-5-3-12(4-6-13)23-17-14(16(22)24)9-10-8-11(18(19,20)21)2-7-15(10)27-17/h2-9H,1H3,(H2,22,24)/b23-17-. The van der Waals surface area contributed by atoms with Gasteiger partial charge in [-0.3, -0.25) is 4.79 Å². The number of nitrogens with zero attached hydrogens (tertiary/aromatic N) is 1. The largest absolute Gasteiger partial charge is 0.438 e. The van der Waals surface area contributed by atoms with Gasteiger partial charge in [-0.2, -0.15) is 13.2 Å². The molecule has 1 aromatic heterocycles. The smallest absolute Gasteiger partial charge is 0.416 e. The Morgan fingerprint density at radius 1 is 1.07 bits per heavy atom. The highest BCUT2D eigenvalue weighted by molar-refractivity contribution is 7.90. The predicted octanol–water partition coefficient (Wildman–Crippen LogP) is 3.19. The van der Waals surface area contributed by atoms with Crippen molar-refractivity contribution >= 4 is 32.4 Å². The molecular formula is C18H13F3N2O4S. The molecule has 0 aliphatic heterocycles. The zero-order chi connectivity index (χ0) is 20.7. The van der Waals surface area contributed by atoms with Crippen LogP contribution in [-0.2, 0) is 16.0 Å². The quantitative estimate of drug-likeness (QED) is 0.716. The first-order chi connectivity index (χ1) is 12.9. The van der Waals surface area contributed by atoms with Gasteiger partial charge in [-0.15, -0.1) is 0 Å². The molecule has 0 aliphatic rings. The maximum absolute atomic E-state index is 12.9. The van der Waals surface area contributed by atoms with Gasteiger partial charge >= 0.3 is 6.18 Å². The molecule has 0 unspecified atom stereocenters. The van der Waals surface area contributed by atoms with Crippen molar-refractivity contribution in [2.24, 2.45) is 10.7 Å². The average Bonchev–Trinajstić information content (AvgIpc) is 2.59. The molecule has 0 bridgehead atoms. The van der Waals surface area contributed by atoms with Crippen molar-refractivity contribution in [2.75, 3.05) is 6.26 Å². The number of fused-ring (bicyclic) bond motifs is 1. The van der Waals surface area contributed by atoms with E-state index >= 15 is 0 Å². The maximum atomic E-state index is 12.9. The Morgan fingerprint density at radius 2 is 1.71 bits per heavy atom. The minimum absolute atomic E-state index is 0.0370. The summed E-state index contributed by atoms with van der Waals surface area (Å²) in [5.41, 5.74) is 4.34. The number of amides is 1. The Hall–Kier alpha value is -3.14. The van der Waals surface area contributed by atoms with Gasteiger partial charge in [0.1, 0.15) is 11.1 Å². The third-order valence-corrected chi connectivity index (χ3v) is 4.96. The van der Waals surface area contributed by atoms with Crippen LogP contribution in [0.3, 0.4) is 0 Å². The van der Waals surface area contributed by atoms with Crippen LogP contribution in [0.5, 0.6) is 0 Å². The van der Waals surface area contributed by atoms with Gasteiger partial charge in [-0.1, -0.05) is 0 Å². The lowest BCUT2D eigenvalue weighted by atomic mass is 10.1. The van der Waals surface area contributed by atoms with Crippen LogP contribution in [0.15, 0.2) is 62.8 Å². The highest BCUT2D eigenvalue weighted by Crippen LogP contribution is 2.31. The Balaban J connectivity index is 2.18. The van der Waals surface area contributed by atoms with Crippen LogP contribution in [0.1, 0.15) is 15.9 Å². The van der Waals surface area contributed by atoms with Crippen LogP contribution in [0.4, 0.5) is 18.9 Å². The molecule has 0 aliphatic carbocycles. The fourth-order valence-electron chi connectivity index (χ4n) is 2.45. The van der Waals surface area contributed by atoms with Gasteiger partial charge < -0.3 is 10.2 Å². The van der Waals surface area contributed by atoms with Gasteiger partial charge in [0, 0.05) is 11.6 Å². The summed E-state index contributed by atoms with van der Waals surface area (Å²) in [5, 5.41) is 0.0370. The van der Waals surface area contributed by atoms with E-state index in [9.17, 15) is 26.4 Å². The molecule has 28 heavy (non-hydrogen) atoms. The van der Waals surface area contributed by atoms with Crippen molar-refractivity contribution in [3.63, 3.8) is 0 Å². The van der Waals surface area contributed by atoms with E-state index in [0.717, 1.165) is 24.5 Å². The van der Waals surface area contributed by atoms with Crippen molar-refractivity contribution < 1.29 is 30.8 Å². The second-order valence-corrected chi connectivity index (χ2v) is 7.97. The van der Waals surface area contributed by atoms with Gasteiger partial charge in [-0.25, -0.2) is 13.4 Å². The molecule has 2 aromatic carbocycles. The first-order valence-corrected chi connectivity index (χ1v) is 9.64. The predicted molar refractivity (Wildman–Crippen MR) is 94.5 cm³/mol. The third-order valence-electron chi connectivity index (χ3n) is 3.83. The van der Waals surface area contributed by atoms with Crippen LogP contribution < -0.4 is 11.3 Å². The minimum Gasteiger partial charge on any atom is -0.438 e. The number of sulfone groups is 1. The van der Waals surface area contributed by atoms with E-state index < -0.39 is 27.5 Å². The fraction of sp³-hybridized carbons (Fsp3) is 0.111. The highest BCUT2D eigenvalue weighted by atomic mass is 32.2. The number of primary amides is 1. The Labute approximate surface area is 157 Å². The van der Waals surface area contributed by atoms with Crippen molar-refractivity contribution in [1.29, 1.82) is 0 Å². The van der Waals surface area contributed by atoms with Crippen LogP contribution >= 0.6 is 0 Å². The van der Waals surface area contributed by atoms with E-state index in [1.165, 1.54) is 30.3 Å². The van der Waals surface area contributed by atoms with E-state index in [1.54, 1.807) is 0 Å². The Kier molecular flexibility index (Phi) is 4.76. The number of halogens is 3. The van der Waals surface area contributed by atoms with Crippen molar-refractivity contribution in [1.82, 2.24) is 0 Å². The SMILES string of the molecule is CS(=O)(=O)c1ccc(/N=c2\oc3ccc(C(F)(F)F)cc3cc2C(N)=O)cc1. The molecular weight excluding hydrogens is 397 g/mol. The number of hydrogen-bond acceptors (Lipinski definition) is 5. The highest BCUT2D eigenvalue weighted by Gasteiger charge is 2.30. The van der Waals surface area contributed by atoms with E-state index in [-0.39, 0.29) is 32.7 Å². The van der Waals surface area contributed by atoms with Crippen LogP contribution in [-0.4, -0.2) is 20.6 Å². The molecule has 0 saturated heterocycles. The number of alkyl halides is 3. The Bertz CT molecular complexity index is 1240. The molecule has 146 valence electrons. The lowest BCUT2D eigenvalue weighted by Gasteiger charge is -2.08. The van der Waals surface area contributed by atoms with Crippen molar-refractivity contribution in [3.8, 4) is 0 Å². The minimum atomic E-state index is -4.55. The summed E-state index contributed by atoms with van der Waals surface area (Å²) in [7, 11) is -3.39. The first-order valence-electron chi connectivity index (χ1n) is 7.75. The molecule has 2 N–H and O–H groups in total. The Morgan fingerprint density at radius 3 is 2.25 bits per heavy atom. The molecule has 1 amide bonds. The van der Waals surface area contributed by atoms with Gasteiger partial charge in [0.15, 0.2) is 9.84 Å². The molecule has 3 rings (SSSR count). The summed E-state index contributed by atoms with van der Waals surface area (Å²) in [4.78, 5) is 15.9. The average molecular weight is 410 g/mol. The van der Waals surface area contributed by atoms with Crippen molar-refractivity contribution in [3.05, 3.63) is 65.2 Å². The number of carbonyl (C=O) groups is 1. The van der Waals surface area contributed by atoms with E-state index in [2.05, 4.69) is 4.99 Å². The maximum Gasteiger partial charge on any atom is 0.416 e. The number of rotatable bonds is 3. The summed E-state index contributed by atoms with van der Waals surface area (Å²) in [6.45, 7) is 0. The third kappa shape index (κ3) is 4.06. The van der Waals surface area contributed by atoms with E-state index in [1.807, 2.05) is 0 Å². The van der Waals surface area contributed by atoms with E-state index in [0.29, 0.717) is 0 Å². The van der Waals surface area contributed by atoms with Crippen LogP contribution in [0.25, 0.3) is 11.0 Å². The zero-order valence-corrected chi connectivity index (χ0v) is 15.1. The molecule has 0 radical (unpaired) electrons. The number of nitrogens with two attached hydrogens (primary N) is 1. The fourth-order valence-corrected chi connectivity index (χ4v) is 3.08. The van der Waals surface area contributed by atoms with Crippen LogP contribution in [0, 0.1) is 0 Å². The molecule has 0 atom stereocenters. The molecule has 3 aromatic rings. The lowest BCUT2D eigenvalue weighted by Crippen LogP contribution is -2.21. The molecule has 6 nitrogen and oxygen atoms in total. The molecule has 1 heterocycles. The molecule has 0 fully saturated rings. The summed E-state index contributed by atoms with van der Waals surface area (Å²) < 4.78 is 67.1. The molecule has 10 heteroatoms. The zero-order valence-electron chi connectivity index (χ0n) is 14.3. The normalized spacial score (nSPS) is 13.1. The summed E-state index contributed by atoms with van der Waals surface area (Å²) >= 11 is 0. The van der Waals surface area contributed by atoms with Crippen molar-refractivity contribution in [2.45, 2.75) is 11.1 Å². The van der Waals surface area contributed by atoms with Gasteiger partial charge in [0.05, 0.1) is 16.1 Å². The van der Waals surface area contributed by atoms with Gasteiger partial charge in [-0.05, 0) is 48.5 Å². The second-order valence-electron chi connectivity index (χ2n) is 5.96. The lowest BCUT2D eigenvalue weighted by molar-refractivity contribution is -0.137. The topological polar surface area (TPSA) is 103 Å². The molecule has 0 spiro atoms. The summed E-state index contributed by atoms with van der Waals surface area (Å²) in [6, 6.07) is 9.43. The first kappa shape index (κ1) is 19.6. The number of hydrogen-bond donors (Lipinski definition) is 1. The van der Waals surface area contributed by atoms with Gasteiger partial charge in [0.2, 0.25) is 5.55 Å². The monoisotopic (exact) mass is 410 g/mol. The molecule has 0 saturated carbocycles. The van der Waals surface area contributed by atoms with E-state index in [4.69, 9.17) is 10.2 Å². The number of benzene rings is 2. The summed E-state index contributed by atoms with van der Waals surface area (Å²) in [6.07, 6.45) is -3.50.